The first-order chi connectivity index (χ1) is 27.7. The van der Waals surface area contributed by atoms with Crippen molar-refractivity contribution in [2.45, 2.75) is 142 Å². The molecule has 0 aliphatic rings. The molecule has 2 heterocycles. The lowest BCUT2D eigenvalue weighted by molar-refractivity contribution is 0.304. The van der Waals surface area contributed by atoms with Gasteiger partial charge in [0.2, 0.25) is 23.6 Å². The van der Waals surface area contributed by atoms with Crippen LogP contribution in [0.1, 0.15) is 148 Å². The maximum absolute atomic E-state index is 6.12. The number of hydrogen-bond donors (Lipinski definition) is 0. The summed E-state index contributed by atoms with van der Waals surface area (Å²) in [4.78, 5) is 0. The Morgan fingerprint density at radius 3 is 1.23 bits per heavy atom. The maximum atomic E-state index is 6.12. The summed E-state index contributed by atoms with van der Waals surface area (Å²) in [6, 6.07) is 21.4. The van der Waals surface area contributed by atoms with Gasteiger partial charge in [0.05, 0.1) is 13.2 Å². The van der Waals surface area contributed by atoms with Gasteiger partial charge in [0.1, 0.15) is 11.5 Å². The lowest BCUT2D eigenvalue weighted by atomic mass is 10.0. The largest absolute Gasteiger partial charge is 0.494 e. The molecule has 56 heavy (non-hydrogen) atoms. The van der Waals surface area contributed by atoms with Crippen molar-refractivity contribution in [1.82, 2.24) is 20.4 Å². The highest BCUT2D eigenvalue weighted by atomic mass is 16.5. The number of benzene rings is 3. The van der Waals surface area contributed by atoms with E-state index in [1.807, 2.05) is 66.7 Å². The second-order valence-electron chi connectivity index (χ2n) is 14.9. The van der Waals surface area contributed by atoms with Crippen LogP contribution in [0.15, 0.2) is 82.1 Å². The minimum atomic E-state index is 0.407. The van der Waals surface area contributed by atoms with Crippen molar-refractivity contribution in [2.75, 3.05) is 13.2 Å². The van der Waals surface area contributed by atoms with Crippen molar-refractivity contribution in [1.29, 1.82) is 0 Å². The van der Waals surface area contributed by atoms with Gasteiger partial charge in [-0.15, -0.1) is 20.4 Å². The molecule has 0 saturated carbocycles. The third-order valence-electron chi connectivity index (χ3n) is 10.3. The zero-order valence-electron chi connectivity index (χ0n) is 34.1. The zero-order valence-corrected chi connectivity index (χ0v) is 34.1. The fraction of sp³-hybridized carbons (Fsp3) is 0.500. The van der Waals surface area contributed by atoms with Gasteiger partial charge in [0.15, 0.2) is 0 Å². The second kappa shape index (κ2) is 24.7. The zero-order chi connectivity index (χ0) is 39.0. The number of unbranched alkanes of at least 4 members (excludes halogenated alkanes) is 18. The van der Waals surface area contributed by atoms with Gasteiger partial charge in [-0.3, -0.25) is 0 Å². The summed E-state index contributed by atoms with van der Waals surface area (Å²) in [6.07, 6.45) is 28.0. The summed E-state index contributed by atoms with van der Waals surface area (Å²) in [5.74, 6) is 3.40. The van der Waals surface area contributed by atoms with E-state index in [0.717, 1.165) is 65.4 Å². The molecular weight excluding hydrogens is 697 g/mol. The summed E-state index contributed by atoms with van der Waals surface area (Å²) < 4.78 is 24.2. The number of ether oxygens (including phenoxy) is 2. The van der Waals surface area contributed by atoms with Crippen molar-refractivity contribution in [3.8, 4) is 57.3 Å². The molecule has 0 bridgehead atoms. The van der Waals surface area contributed by atoms with E-state index in [1.54, 1.807) is 6.08 Å². The maximum Gasteiger partial charge on any atom is 0.248 e. The number of hydrogen-bond acceptors (Lipinski definition) is 8. The highest BCUT2D eigenvalue weighted by Gasteiger charge is 2.17. The SMILES string of the molecule is C=Cc1cc(-c2nnc(-c3ccc(OCCCCCCCCCCCC)cc3)o2)ccc1-c1nnc(-c2ccc(OCCCCCCCCCCCC)cc2)o1. The molecule has 0 aliphatic carbocycles. The summed E-state index contributed by atoms with van der Waals surface area (Å²) in [5, 5.41) is 17.3. The predicted molar refractivity (Wildman–Crippen MR) is 229 cm³/mol. The molecule has 0 unspecified atom stereocenters. The third kappa shape index (κ3) is 14.1. The first-order valence-corrected chi connectivity index (χ1v) is 21.6. The van der Waals surface area contributed by atoms with Crippen molar-refractivity contribution in [3.05, 3.63) is 78.9 Å². The Bertz CT molecular complexity index is 1810. The average Bonchev–Trinajstić information content (AvgIpc) is 3.94. The highest BCUT2D eigenvalue weighted by Crippen LogP contribution is 2.32. The molecule has 0 atom stereocenters. The van der Waals surface area contributed by atoms with Gasteiger partial charge in [0.25, 0.3) is 0 Å². The fourth-order valence-corrected chi connectivity index (χ4v) is 6.91. The Balaban J connectivity index is 1.05. The van der Waals surface area contributed by atoms with E-state index in [2.05, 4.69) is 40.8 Å². The predicted octanol–water partition coefficient (Wildman–Crippen LogP) is 14.4. The molecular formula is C48H64N4O4. The molecule has 0 aliphatic heterocycles. The van der Waals surface area contributed by atoms with Gasteiger partial charge in [0, 0.05) is 22.3 Å². The van der Waals surface area contributed by atoms with Crippen LogP contribution in [-0.4, -0.2) is 33.6 Å². The van der Waals surface area contributed by atoms with Gasteiger partial charge in [-0.2, -0.15) is 0 Å². The van der Waals surface area contributed by atoms with Crippen molar-refractivity contribution in [2.24, 2.45) is 0 Å². The average molecular weight is 761 g/mol. The van der Waals surface area contributed by atoms with Gasteiger partial charge in [-0.1, -0.05) is 142 Å². The second-order valence-corrected chi connectivity index (χ2v) is 14.9. The molecule has 5 rings (SSSR count). The van der Waals surface area contributed by atoms with Crippen molar-refractivity contribution >= 4 is 6.08 Å². The van der Waals surface area contributed by atoms with Gasteiger partial charge < -0.3 is 18.3 Å². The minimum Gasteiger partial charge on any atom is -0.494 e. The van der Waals surface area contributed by atoms with Crippen LogP contribution in [0.3, 0.4) is 0 Å². The lowest BCUT2D eigenvalue weighted by Crippen LogP contribution is -1.97. The fourth-order valence-electron chi connectivity index (χ4n) is 6.91. The van der Waals surface area contributed by atoms with Crippen molar-refractivity contribution < 1.29 is 18.3 Å². The van der Waals surface area contributed by atoms with Crippen LogP contribution in [0.4, 0.5) is 0 Å². The molecule has 8 nitrogen and oxygen atoms in total. The summed E-state index contributed by atoms with van der Waals surface area (Å²) in [5.41, 5.74) is 4.03. The summed E-state index contributed by atoms with van der Waals surface area (Å²) >= 11 is 0. The molecule has 0 saturated heterocycles. The molecule has 0 fully saturated rings. The van der Waals surface area contributed by atoms with Gasteiger partial charge >= 0.3 is 0 Å². The van der Waals surface area contributed by atoms with Gasteiger partial charge in [-0.05, 0) is 85.1 Å². The molecule has 0 spiro atoms. The van der Waals surface area contributed by atoms with E-state index in [4.69, 9.17) is 18.3 Å². The number of nitrogens with zero attached hydrogens (tertiary/aromatic N) is 4. The van der Waals surface area contributed by atoms with Crippen LogP contribution in [-0.2, 0) is 0 Å². The Morgan fingerprint density at radius 2 is 0.804 bits per heavy atom. The monoisotopic (exact) mass is 760 g/mol. The van der Waals surface area contributed by atoms with E-state index >= 15 is 0 Å². The minimum absolute atomic E-state index is 0.407. The van der Waals surface area contributed by atoms with Crippen LogP contribution in [0, 0.1) is 0 Å². The normalized spacial score (nSPS) is 11.2. The van der Waals surface area contributed by atoms with Crippen LogP contribution in [0.5, 0.6) is 11.5 Å². The van der Waals surface area contributed by atoms with Crippen LogP contribution < -0.4 is 9.47 Å². The van der Waals surface area contributed by atoms with E-state index in [-0.39, 0.29) is 0 Å². The first-order valence-electron chi connectivity index (χ1n) is 21.6. The smallest absolute Gasteiger partial charge is 0.248 e. The quantitative estimate of drug-likeness (QED) is 0.0445. The van der Waals surface area contributed by atoms with Crippen LogP contribution in [0.2, 0.25) is 0 Å². The third-order valence-corrected chi connectivity index (χ3v) is 10.3. The Hall–Kier alpha value is -4.72. The van der Waals surface area contributed by atoms with E-state index < -0.39 is 0 Å². The Morgan fingerprint density at radius 1 is 0.446 bits per heavy atom. The van der Waals surface area contributed by atoms with E-state index in [0.29, 0.717) is 23.6 Å². The molecule has 5 aromatic rings. The Labute approximate surface area is 335 Å². The first kappa shape index (κ1) is 42.4. The van der Waals surface area contributed by atoms with Crippen molar-refractivity contribution in [3.63, 3.8) is 0 Å². The summed E-state index contributed by atoms with van der Waals surface area (Å²) in [6.45, 7) is 10.0. The van der Waals surface area contributed by atoms with E-state index in [1.165, 1.54) is 116 Å². The number of rotatable bonds is 29. The standard InChI is InChI=1S/C48H64N4O4/c1-4-7-9-11-13-15-17-19-21-23-35-53-42-30-25-39(26-31-42)45-49-51-47(55-45)41-29-34-44(38(6-3)37-41)48-52-50-46(56-48)40-27-32-43(33-28-40)54-36-24-22-20-18-16-14-12-10-8-5-2/h6,25-34,37H,3-5,7-24,35-36H2,1-2H3. The Kier molecular flexibility index (Phi) is 18.7. The lowest BCUT2D eigenvalue weighted by Gasteiger charge is -2.07. The molecule has 0 N–H and O–H groups in total. The van der Waals surface area contributed by atoms with Crippen LogP contribution >= 0.6 is 0 Å². The highest BCUT2D eigenvalue weighted by molar-refractivity contribution is 5.75. The van der Waals surface area contributed by atoms with Crippen LogP contribution in [0.25, 0.3) is 51.9 Å². The van der Waals surface area contributed by atoms with E-state index in [9.17, 15) is 0 Å². The molecule has 0 radical (unpaired) electrons. The molecule has 300 valence electrons. The molecule has 2 aromatic heterocycles. The molecule has 3 aromatic carbocycles. The van der Waals surface area contributed by atoms with Gasteiger partial charge in [-0.25, -0.2) is 0 Å². The summed E-state index contributed by atoms with van der Waals surface area (Å²) in [7, 11) is 0. The molecule has 0 amide bonds. The number of aromatic nitrogens is 4. The topological polar surface area (TPSA) is 96.3 Å². The molecule has 8 heteroatoms.